The lowest BCUT2D eigenvalue weighted by atomic mass is 10.2. The van der Waals surface area contributed by atoms with Crippen LogP contribution in [0.3, 0.4) is 0 Å². The molecule has 7 nitrogen and oxygen atoms in total. The van der Waals surface area contributed by atoms with E-state index in [0.29, 0.717) is 12.4 Å². The van der Waals surface area contributed by atoms with Crippen molar-refractivity contribution in [3.63, 3.8) is 0 Å². The molecular weight excluding hydrogens is 438 g/mol. The second-order valence-corrected chi connectivity index (χ2v) is 8.98. The molecule has 0 aliphatic carbocycles. The maximum atomic E-state index is 13.2. The number of carbonyl (C=O) groups is 1. The molecule has 170 valence electrons. The predicted octanol–water partition coefficient (Wildman–Crippen LogP) is 3.59. The summed E-state index contributed by atoms with van der Waals surface area (Å²) in [6.07, 6.45) is 3.11. The molecule has 0 aliphatic rings. The highest BCUT2D eigenvalue weighted by Crippen LogP contribution is 2.18. The maximum absolute atomic E-state index is 13.2. The Morgan fingerprint density at radius 3 is 2.39 bits per heavy atom. The van der Waals surface area contributed by atoms with Gasteiger partial charge >= 0.3 is 0 Å². The van der Waals surface area contributed by atoms with Crippen molar-refractivity contribution in [3.05, 3.63) is 109 Å². The van der Waals surface area contributed by atoms with Gasteiger partial charge in [0.15, 0.2) is 0 Å². The predicted molar refractivity (Wildman–Crippen MR) is 128 cm³/mol. The van der Waals surface area contributed by atoms with Crippen LogP contribution in [0.5, 0.6) is 5.75 Å². The zero-order valence-corrected chi connectivity index (χ0v) is 18.8. The van der Waals surface area contributed by atoms with Crippen LogP contribution < -0.4 is 10.2 Å². The number of rotatable bonds is 11. The van der Waals surface area contributed by atoms with E-state index >= 15 is 0 Å². The quantitative estimate of drug-likeness (QED) is 0.267. The van der Waals surface area contributed by atoms with Gasteiger partial charge in [0.1, 0.15) is 12.4 Å². The molecule has 1 amide bonds. The topological polar surface area (TPSA) is 88.1 Å². The van der Waals surface area contributed by atoms with Gasteiger partial charge in [0.25, 0.3) is 5.91 Å². The van der Waals surface area contributed by atoms with Gasteiger partial charge in [-0.15, -0.1) is 0 Å². The van der Waals surface area contributed by atoms with Gasteiger partial charge in [0.05, 0.1) is 17.7 Å². The monoisotopic (exact) mass is 463 g/mol. The van der Waals surface area contributed by atoms with Crippen LogP contribution in [0.2, 0.25) is 0 Å². The fourth-order valence-corrected chi connectivity index (χ4v) is 4.37. The highest BCUT2D eigenvalue weighted by atomic mass is 32.2. The number of hydrazone groups is 1. The van der Waals surface area contributed by atoms with Crippen LogP contribution >= 0.6 is 0 Å². The van der Waals surface area contributed by atoms with Crippen LogP contribution in [0.1, 0.15) is 11.1 Å². The molecule has 33 heavy (non-hydrogen) atoms. The van der Waals surface area contributed by atoms with Gasteiger partial charge < -0.3 is 4.74 Å². The second-order valence-electron chi connectivity index (χ2n) is 7.04. The number of amides is 1. The Morgan fingerprint density at radius 2 is 1.70 bits per heavy atom. The Labute approximate surface area is 194 Å². The van der Waals surface area contributed by atoms with Crippen LogP contribution in [0, 0.1) is 0 Å². The number of nitrogens with zero attached hydrogens (tertiary/aromatic N) is 2. The van der Waals surface area contributed by atoms with Crippen molar-refractivity contribution in [3.8, 4) is 5.75 Å². The average Bonchev–Trinajstić information content (AvgIpc) is 2.84. The molecule has 0 fully saturated rings. The third-order valence-electron chi connectivity index (χ3n) is 4.53. The number of hydrogen-bond acceptors (Lipinski definition) is 5. The Kier molecular flexibility index (Phi) is 8.51. The molecule has 0 unspecified atom stereocenters. The summed E-state index contributed by atoms with van der Waals surface area (Å²) in [5.74, 6) is 0.0916. The van der Waals surface area contributed by atoms with Gasteiger partial charge in [0.2, 0.25) is 10.0 Å². The largest absolute Gasteiger partial charge is 0.490 e. The third-order valence-corrected chi connectivity index (χ3v) is 6.34. The third kappa shape index (κ3) is 7.13. The minimum Gasteiger partial charge on any atom is -0.490 e. The number of hydrogen-bond donors (Lipinski definition) is 1. The van der Waals surface area contributed by atoms with Crippen molar-refractivity contribution in [2.75, 3.05) is 13.2 Å². The number of carbonyl (C=O) groups excluding carboxylic acids is 1. The molecule has 0 heterocycles. The SMILES string of the molecule is C=CCOc1cccc(C=NNC(=O)CN(Cc2ccccc2)S(=O)(=O)c2ccccc2)c1. The fourth-order valence-electron chi connectivity index (χ4n) is 2.97. The van der Waals surface area contributed by atoms with Crippen LogP contribution in [-0.2, 0) is 21.4 Å². The van der Waals surface area contributed by atoms with E-state index in [0.717, 1.165) is 15.4 Å². The number of nitrogens with one attached hydrogen (secondary N) is 1. The van der Waals surface area contributed by atoms with Crippen LogP contribution in [0.15, 0.2) is 108 Å². The lowest BCUT2D eigenvalue weighted by Crippen LogP contribution is -2.39. The summed E-state index contributed by atoms with van der Waals surface area (Å²) >= 11 is 0. The summed E-state index contributed by atoms with van der Waals surface area (Å²) in [5.41, 5.74) is 3.89. The molecule has 3 rings (SSSR count). The lowest BCUT2D eigenvalue weighted by molar-refractivity contribution is -0.121. The second kappa shape index (κ2) is 11.8. The summed E-state index contributed by atoms with van der Waals surface area (Å²) in [4.78, 5) is 12.7. The van der Waals surface area contributed by atoms with Crippen molar-refractivity contribution in [2.45, 2.75) is 11.4 Å². The first-order valence-electron chi connectivity index (χ1n) is 10.2. The smallest absolute Gasteiger partial charge is 0.255 e. The van der Waals surface area contributed by atoms with E-state index in [2.05, 4.69) is 17.1 Å². The zero-order valence-electron chi connectivity index (χ0n) is 18.0. The molecule has 3 aromatic carbocycles. The van der Waals surface area contributed by atoms with Gasteiger partial charge in [-0.1, -0.05) is 73.3 Å². The molecule has 3 aromatic rings. The standard InChI is InChI=1S/C25H25N3O4S/c1-2-16-32-23-13-9-12-22(17-23)18-26-27-25(29)20-28(19-21-10-5-3-6-11-21)33(30,31)24-14-7-4-8-15-24/h2-15,17-18H,1,16,19-20H2,(H,27,29). The minimum atomic E-state index is -3.89. The molecule has 0 saturated heterocycles. The van der Waals surface area contributed by atoms with E-state index in [4.69, 9.17) is 4.74 Å². The first-order chi connectivity index (χ1) is 16.0. The van der Waals surface area contributed by atoms with E-state index in [1.807, 2.05) is 30.3 Å². The number of ether oxygens (including phenoxy) is 1. The van der Waals surface area contributed by atoms with Crippen molar-refractivity contribution >= 4 is 22.1 Å². The molecule has 0 bridgehead atoms. The summed E-state index contributed by atoms with van der Waals surface area (Å²) in [6, 6.07) is 24.3. The molecule has 0 aliphatic heterocycles. The first kappa shape index (κ1) is 23.9. The molecule has 0 saturated carbocycles. The van der Waals surface area contributed by atoms with Gasteiger partial charge in [0, 0.05) is 6.54 Å². The van der Waals surface area contributed by atoms with E-state index in [-0.39, 0.29) is 18.0 Å². The molecule has 0 atom stereocenters. The van der Waals surface area contributed by atoms with Crippen molar-refractivity contribution in [1.82, 2.24) is 9.73 Å². The summed E-state index contributed by atoms with van der Waals surface area (Å²) < 4.78 is 33.0. The lowest BCUT2D eigenvalue weighted by Gasteiger charge is -2.21. The van der Waals surface area contributed by atoms with E-state index in [1.54, 1.807) is 48.5 Å². The van der Waals surface area contributed by atoms with E-state index in [1.165, 1.54) is 18.3 Å². The maximum Gasteiger partial charge on any atom is 0.255 e. The number of sulfonamides is 1. The minimum absolute atomic E-state index is 0.0535. The van der Waals surface area contributed by atoms with Gasteiger partial charge in [-0.2, -0.15) is 9.41 Å². The fraction of sp³-hybridized carbons (Fsp3) is 0.120. The summed E-state index contributed by atoms with van der Waals surface area (Å²) in [5, 5.41) is 3.96. The Hall–Kier alpha value is -3.75. The van der Waals surface area contributed by atoms with Crippen molar-refractivity contribution < 1.29 is 17.9 Å². The summed E-state index contributed by atoms with van der Waals surface area (Å²) in [7, 11) is -3.89. The van der Waals surface area contributed by atoms with E-state index < -0.39 is 15.9 Å². The van der Waals surface area contributed by atoms with E-state index in [9.17, 15) is 13.2 Å². The van der Waals surface area contributed by atoms with Gasteiger partial charge in [-0.05, 0) is 35.4 Å². The normalized spacial score (nSPS) is 11.4. The van der Waals surface area contributed by atoms with Crippen LogP contribution in [0.25, 0.3) is 0 Å². The van der Waals surface area contributed by atoms with Crippen LogP contribution in [-0.4, -0.2) is 38.0 Å². The molecule has 0 aromatic heterocycles. The highest BCUT2D eigenvalue weighted by Gasteiger charge is 2.26. The Balaban J connectivity index is 1.71. The van der Waals surface area contributed by atoms with Crippen molar-refractivity contribution in [2.24, 2.45) is 5.10 Å². The summed E-state index contributed by atoms with van der Waals surface area (Å²) in [6.45, 7) is 3.66. The Bertz CT molecular complexity index is 1200. The Morgan fingerprint density at radius 1 is 1.00 bits per heavy atom. The average molecular weight is 464 g/mol. The molecule has 8 heteroatoms. The molecular formula is C25H25N3O4S. The molecule has 1 N–H and O–H groups in total. The molecule has 0 radical (unpaired) electrons. The van der Waals surface area contributed by atoms with Gasteiger partial charge in [-0.25, -0.2) is 13.8 Å². The zero-order chi connectivity index (χ0) is 23.5. The highest BCUT2D eigenvalue weighted by molar-refractivity contribution is 7.89. The molecule has 0 spiro atoms. The van der Waals surface area contributed by atoms with Crippen molar-refractivity contribution in [1.29, 1.82) is 0 Å². The van der Waals surface area contributed by atoms with Crippen LogP contribution in [0.4, 0.5) is 0 Å². The first-order valence-corrected chi connectivity index (χ1v) is 11.7. The van der Waals surface area contributed by atoms with Gasteiger partial charge in [-0.3, -0.25) is 4.79 Å². The number of benzene rings is 3.